The van der Waals surface area contributed by atoms with Crippen LogP contribution < -0.4 is 21.3 Å². The van der Waals surface area contributed by atoms with Crippen LogP contribution in [0.5, 0.6) is 0 Å². The summed E-state index contributed by atoms with van der Waals surface area (Å²) < 4.78 is 0. The standard InChI is InChI=1S/C27H35N7O/c1-16(2)30-25(35)21-15-29-26(31-19-11-10-18-12-13-28-17(3)20(18)14-19)34-24(21)33-23-9-7-8-22(32-23)27(4,5)6/h7-11,14-17,28H,12-13H2,1-6H3,(H,30,35)(H2,29,31,32,33,34). The van der Waals surface area contributed by atoms with E-state index < -0.39 is 0 Å². The van der Waals surface area contributed by atoms with Crippen molar-refractivity contribution >= 4 is 29.2 Å². The van der Waals surface area contributed by atoms with Gasteiger partial charge in [-0.3, -0.25) is 4.79 Å². The number of benzene rings is 1. The highest BCUT2D eigenvalue weighted by Crippen LogP contribution is 2.28. The molecular weight excluding hydrogens is 438 g/mol. The summed E-state index contributed by atoms with van der Waals surface area (Å²) in [7, 11) is 0. The molecule has 4 rings (SSSR count). The number of carbonyl (C=O) groups is 1. The monoisotopic (exact) mass is 473 g/mol. The normalized spacial score (nSPS) is 15.5. The number of hydrogen-bond acceptors (Lipinski definition) is 7. The Morgan fingerprint density at radius 1 is 1.11 bits per heavy atom. The number of amides is 1. The molecule has 8 heteroatoms. The molecule has 0 fully saturated rings. The van der Waals surface area contributed by atoms with E-state index >= 15 is 0 Å². The van der Waals surface area contributed by atoms with Gasteiger partial charge >= 0.3 is 0 Å². The predicted molar refractivity (Wildman–Crippen MR) is 141 cm³/mol. The fourth-order valence-electron chi connectivity index (χ4n) is 4.05. The lowest BCUT2D eigenvalue weighted by molar-refractivity contribution is 0.0943. The van der Waals surface area contributed by atoms with E-state index in [0.29, 0.717) is 29.2 Å². The Morgan fingerprint density at radius 2 is 1.91 bits per heavy atom. The summed E-state index contributed by atoms with van der Waals surface area (Å²) in [6, 6.07) is 12.4. The maximum Gasteiger partial charge on any atom is 0.256 e. The fourth-order valence-corrected chi connectivity index (χ4v) is 4.05. The molecule has 1 aliphatic rings. The van der Waals surface area contributed by atoms with Gasteiger partial charge in [0.1, 0.15) is 17.2 Å². The molecule has 0 radical (unpaired) electrons. The van der Waals surface area contributed by atoms with E-state index in [9.17, 15) is 4.79 Å². The molecule has 0 bridgehead atoms. The number of anilines is 4. The molecule has 0 aliphatic carbocycles. The second kappa shape index (κ2) is 10.00. The zero-order valence-corrected chi connectivity index (χ0v) is 21.4. The van der Waals surface area contributed by atoms with Gasteiger partial charge in [-0.2, -0.15) is 4.98 Å². The lowest BCUT2D eigenvalue weighted by Gasteiger charge is -2.24. The molecule has 0 saturated heterocycles. The molecule has 3 aromatic rings. The number of nitrogens with zero attached hydrogens (tertiary/aromatic N) is 3. The van der Waals surface area contributed by atoms with Crippen LogP contribution in [-0.2, 0) is 11.8 Å². The number of aromatic nitrogens is 3. The van der Waals surface area contributed by atoms with Crippen molar-refractivity contribution < 1.29 is 4.79 Å². The van der Waals surface area contributed by atoms with Gasteiger partial charge in [0.2, 0.25) is 5.95 Å². The Morgan fingerprint density at radius 3 is 2.66 bits per heavy atom. The Balaban J connectivity index is 1.66. The van der Waals surface area contributed by atoms with Crippen molar-refractivity contribution in [3.63, 3.8) is 0 Å². The van der Waals surface area contributed by atoms with Crippen molar-refractivity contribution in [1.82, 2.24) is 25.6 Å². The van der Waals surface area contributed by atoms with Gasteiger partial charge < -0.3 is 21.3 Å². The average Bonchev–Trinajstić information content (AvgIpc) is 2.79. The van der Waals surface area contributed by atoms with E-state index in [1.54, 1.807) is 6.20 Å². The lowest BCUT2D eigenvalue weighted by atomic mass is 9.92. The third kappa shape index (κ3) is 5.95. The minimum atomic E-state index is -0.241. The third-order valence-corrected chi connectivity index (χ3v) is 5.93. The highest BCUT2D eigenvalue weighted by atomic mass is 16.1. The van der Waals surface area contributed by atoms with E-state index in [1.165, 1.54) is 11.1 Å². The number of rotatable bonds is 6. The number of pyridine rings is 1. The van der Waals surface area contributed by atoms with Crippen LogP contribution in [0.15, 0.2) is 42.6 Å². The molecule has 1 unspecified atom stereocenters. The van der Waals surface area contributed by atoms with Crippen molar-refractivity contribution in [2.24, 2.45) is 0 Å². The molecule has 0 saturated carbocycles. The second-order valence-electron chi connectivity index (χ2n) is 10.3. The van der Waals surface area contributed by atoms with Crippen molar-refractivity contribution in [3.05, 3.63) is 65.0 Å². The van der Waals surface area contributed by atoms with Crippen LogP contribution in [0.25, 0.3) is 0 Å². The Labute approximate surface area is 207 Å². The average molecular weight is 474 g/mol. The molecule has 1 aliphatic heterocycles. The van der Waals surface area contributed by atoms with E-state index in [4.69, 9.17) is 4.98 Å². The first kappa shape index (κ1) is 24.6. The number of fused-ring (bicyclic) bond motifs is 1. The first-order valence-electron chi connectivity index (χ1n) is 12.2. The van der Waals surface area contributed by atoms with Crippen molar-refractivity contribution in [3.8, 4) is 0 Å². The molecule has 3 heterocycles. The zero-order valence-electron chi connectivity index (χ0n) is 21.4. The second-order valence-corrected chi connectivity index (χ2v) is 10.3. The minimum Gasteiger partial charge on any atom is -0.350 e. The van der Waals surface area contributed by atoms with Crippen molar-refractivity contribution in [1.29, 1.82) is 0 Å². The highest BCUT2D eigenvalue weighted by Gasteiger charge is 2.20. The summed E-state index contributed by atoms with van der Waals surface area (Å²) in [5.41, 5.74) is 4.73. The largest absolute Gasteiger partial charge is 0.350 e. The summed E-state index contributed by atoms with van der Waals surface area (Å²) in [6.07, 6.45) is 2.57. The smallest absolute Gasteiger partial charge is 0.256 e. The van der Waals surface area contributed by atoms with E-state index in [-0.39, 0.29) is 17.4 Å². The number of nitrogens with one attached hydrogen (secondary N) is 4. The SMILES string of the molecule is CC(C)NC(=O)c1cnc(Nc2ccc3c(c2)C(C)NCC3)nc1Nc1cccc(C(C)(C)C)n1. The molecule has 1 amide bonds. The van der Waals surface area contributed by atoms with Gasteiger partial charge in [-0.25, -0.2) is 9.97 Å². The lowest BCUT2D eigenvalue weighted by Crippen LogP contribution is -2.31. The molecule has 4 N–H and O–H groups in total. The van der Waals surface area contributed by atoms with Crippen LogP contribution in [0, 0.1) is 0 Å². The van der Waals surface area contributed by atoms with Crippen LogP contribution in [0.1, 0.15) is 74.8 Å². The van der Waals surface area contributed by atoms with Crippen molar-refractivity contribution in [2.45, 2.75) is 65.5 Å². The molecule has 0 spiro atoms. The van der Waals surface area contributed by atoms with Crippen LogP contribution in [-0.4, -0.2) is 33.4 Å². The molecular formula is C27H35N7O. The topological polar surface area (TPSA) is 104 Å². The van der Waals surface area contributed by atoms with E-state index in [2.05, 4.69) is 71.1 Å². The van der Waals surface area contributed by atoms with Gasteiger partial charge in [0.15, 0.2) is 0 Å². The molecule has 2 aromatic heterocycles. The minimum absolute atomic E-state index is 0.0124. The Kier molecular flexibility index (Phi) is 7.03. The van der Waals surface area contributed by atoms with E-state index in [0.717, 1.165) is 24.3 Å². The summed E-state index contributed by atoms with van der Waals surface area (Å²) in [4.78, 5) is 26.7. The summed E-state index contributed by atoms with van der Waals surface area (Å²) in [6.45, 7) is 13.3. The first-order valence-corrected chi connectivity index (χ1v) is 12.2. The van der Waals surface area contributed by atoms with Gasteiger partial charge in [-0.15, -0.1) is 0 Å². The Bertz CT molecular complexity index is 1220. The molecule has 1 atom stereocenters. The summed E-state index contributed by atoms with van der Waals surface area (Å²) in [5, 5.41) is 13.0. The highest BCUT2D eigenvalue weighted by molar-refractivity contribution is 5.99. The summed E-state index contributed by atoms with van der Waals surface area (Å²) >= 11 is 0. The van der Waals surface area contributed by atoms with Crippen molar-refractivity contribution in [2.75, 3.05) is 17.2 Å². The van der Waals surface area contributed by atoms with Gasteiger partial charge in [0.25, 0.3) is 5.91 Å². The van der Waals surface area contributed by atoms with Gasteiger partial charge in [-0.1, -0.05) is 32.9 Å². The van der Waals surface area contributed by atoms with Crippen LogP contribution in [0.2, 0.25) is 0 Å². The zero-order chi connectivity index (χ0) is 25.2. The maximum atomic E-state index is 12.9. The quantitative estimate of drug-likeness (QED) is 0.399. The molecule has 184 valence electrons. The molecule has 35 heavy (non-hydrogen) atoms. The molecule has 1 aromatic carbocycles. The number of hydrogen-bond donors (Lipinski definition) is 4. The third-order valence-electron chi connectivity index (χ3n) is 5.93. The number of carbonyl (C=O) groups excluding carboxylic acids is 1. The van der Waals surface area contributed by atoms with E-state index in [1.807, 2.05) is 38.1 Å². The van der Waals surface area contributed by atoms with Crippen LogP contribution in [0.4, 0.5) is 23.3 Å². The van der Waals surface area contributed by atoms with Gasteiger partial charge in [-0.05, 0) is 69.1 Å². The summed E-state index contributed by atoms with van der Waals surface area (Å²) in [5.74, 6) is 1.17. The molecule has 8 nitrogen and oxygen atoms in total. The first-order chi connectivity index (χ1) is 16.6. The van der Waals surface area contributed by atoms with Crippen LogP contribution >= 0.6 is 0 Å². The predicted octanol–water partition coefficient (Wildman–Crippen LogP) is 5.00. The van der Waals surface area contributed by atoms with Gasteiger partial charge in [0.05, 0.1) is 0 Å². The maximum absolute atomic E-state index is 12.9. The Hall–Kier alpha value is -3.52. The van der Waals surface area contributed by atoms with Gasteiger partial charge in [0, 0.05) is 35.1 Å². The van der Waals surface area contributed by atoms with Crippen LogP contribution in [0.3, 0.4) is 0 Å². The fraction of sp³-hybridized carbons (Fsp3) is 0.407.